The van der Waals surface area contributed by atoms with Gasteiger partial charge in [-0.3, -0.25) is 4.79 Å². The number of aromatic hydroxyl groups is 1. The van der Waals surface area contributed by atoms with E-state index >= 15 is 0 Å². The van der Waals surface area contributed by atoms with Gasteiger partial charge >= 0.3 is 0 Å². The second kappa shape index (κ2) is 6.83. The van der Waals surface area contributed by atoms with E-state index in [1.54, 1.807) is 19.2 Å². The van der Waals surface area contributed by atoms with Crippen LogP contribution in [0.1, 0.15) is 6.42 Å². The van der Waals surface area contributed by atoms with Gasteiger partial charge in [0, 0.05) is 19.8 Å². The van der Waals surface area contributed by atoms with E-state index in [1.807, 2.05) is 0 Å². The second-order valence-electron chi connectivity index (χ2n) is 3.76. The van der Waals surface area contributed by atoms with Crippen molar-refractivity contribution >= 4 is 11.6 Å². The number of nitrogens with one attached hydrogen (secondary N) is 1. The van der Waals surface area contributed by atoms with Crippen molar-refractivity contribution in [2.75, 3.05) is 26.1 Å². The van der Waals surface area contributed by atoms with Gasteiger partial charge in [-0.25, -0.2) is 0 Å². The third-order valence-corrected chi connectivity index (χ3v) is 2.43. The number of hydrogen-bond donors (Lipinski definition) is 3. The van der Waals surface area contributed by atoms with Crippen molar-refractivity contribution in [3.63, 3.8) is 0 Å². The van der Waals surface area contributed by atoms with Crippen molar-refractivity contribution in [2.24, 2.45) is 5.73 Å². The lowest BCUT2D eigenvalue weighted by Crippen LogP contribution is -2.36. The minimum absolute atomic E-state index is 0.0679. The molecule has 1 atom stereocenters. The van der Waals surface area contributed by atoms with E-state index in [0.29, 0.717) is 24.5 Å². The molecule has 0 aromatic heterocycles. The zero-order chi connectivity index (χ0) is 13.5. The Morgan fingerprint density at radius 1 is 1.50 bits per heavy atom. The summed E-state index contributed by atoms with van der Waals surface area (Å²) >= 11 is 0. The van der Waals surface area contributed by atoms with E-state index in [0.717, 1.165) is 0 Å². The van der Waals surface area contributed by atoms with Crippen LogP contribution in [0, 0.1) is 0 Å². The predicted octanol–water partition coefficient (Wildman–Crippen LogP) is 0.703. The molecule has 0 saturated carbocycles. The number of phenolic OH excluding ortho intramolecular Hbond substituents is 1. The van der Waals surface area contributed by atoms with Crippen LogP contribution in [0.25, 0.3) is 0 Å². The number of amides is 1. The van der Waals surface area contributed by atoms with Gasteiger partial charge in [0.05, 0.1) is 18.8 Å². The summed E-state index contributed by atoms with van der Waals surface area (Å²) in [5.41, 5.74) is 5.96. The molecule has 0 spiro atoms. The largest absolute Gasteiger partial charge is 0.506 e. The fourth-order valence-corrected chi connectivity index (χ4v) is 1.35. The fourth-order valence-electron chi connectivity index (χ4n) is 1.35. The molecule has 100 valence electrons. The molecular weight excluding hydrogens is 236 g/mol. The first-order valence-electron chi connectivity index (χ1n) is 5.51. The Labute approximate surface area is 106 Å². The lowest BCUT2D eigenvalue weighted by atomic mass is 10.2. The maximum atomic E-state index is 11.7. The monoisotopic (exact) mass is 254 g/mol. The van der Waals surface area contributed by atoms with Gasteiger partial charge in [-0.2, -0.15) is 0 Å². The molecule has 0 aliphatic rings. The first-order valence-corrected chi connectivity index (χ1v) is 5.51. The summed E-state index contributed by atoms with van der Waals surface area (Å²) in [5, 5.41) is 12.2. The Balaban J connectivity index is 2.64. The Bertz CT molecular complexity index is 409. The number of rotatable bonds is 6. The Kier molecular flexibility index (Phi) is 5.41. The van der Waals surface area contributed by atoms with Gasteiger partial charge in [0.15, 0.2) is 0 Å². The average molecular weight is 254 g/mol. The standard InChI is InChI=1S/C12H18N2O4/c1-17-6-5-9(13)12(16)14-10-4-3-8(18-2)7-11(10)15/h3-4,7,9,15H,5-6,13H2,1-2H3,(H,14,16). The zero-order valence-corrected chi connectivity index (χ0v) is 10.5. The maximum Gasteiger partial charge on any atom is 0.241 e. The number of anilines is 1. The minimum Gasteiger partial charge on any atom is -0.506 e. The van der Waals surface area contributed by atoms with Crippen LogP contribution < -0.4 is 15.8 Å². The van der Waals surface area contributed by atoms with Gasteiger partial charge in [0.25, 0.3) is 0 Å². The Morgan fingerprint density at radius 3 is 2.78 bits per heavy atom. The van der Waals surface area contributed by atoms with Crippen LogP contribution in [0.4, 0.5) is 5.69 Å². The summed E-state index contributed by atoms with van der Waals surface area (Å²) in [6.45, 7) is 0.406. The van der Waals surface area contributed by atoms with E-state index in [9.17, 15) is 9.90 Å². The van der Waals surface area contributed by atoms with Crippen LogP contribution >= 0.6 is 0 Å². The number of benzene rings is 1. The van der Waals surface area contributed by atoms with Crippen LogP contribution in [-0.4, -0.2) is 37.9 Å². The van der Waals surface area contributed by atoms with Crippen molar-refractivity contribution in [1.29, 1.82) is 0 Å². The van der Waals surface area contributed by atoms with Gasteiger partial charge in [-0.05, 0) is 18.6 Å². The smallest absolute Gasteiger partial charge is 0.241 e. The Morgan fingerprint density at radius 2 is 2.22 bits per heavy atom. The molecule has 1 rings (SSSR count). The highest BCUT2D eigenvalue weighted by Crippen LogP contribution is 2.27. The summed E-state index contributed by atoms with van der Waals surface area (Å²) in [6.07, 6.45) is 0.416. The quantitative estimate of drug-likeness (QED) is 0.650. The molecule has 0 heterocycles. The van der Waals surface area contributed by atoms with Crippen molar-refractivity contribution in [2.45, 2.75) is 12.5 Å². The lowest BCUT2D eigenvalue weighted by Gasteiger charge is -2.13. The molecule has 0 saturated heterocycles. The number of nitrogens with two attached hydrogens (primary N) is 1. The van der Waals surface area contributed by atoms with E-state index in [1.165, 1.54) is 13.2 Å². The number of carbonyl (C=O) groups is 1. The highest BCUT2D eigenvalue weighted by molar-refractivity contribution is 5.95. The average Bonchev–Trinajstić information content (AvgIpc) is 2.38. The van der Waals surface area contributed by atoms with Crippen LogP contribution in [0.5, 0.6) is 11.5 Å². The molecule has 6 heteroatoms. The van der Waals surface area contributed by atoms with E-state index in [2.05, 4.69) is 5.32 Å². The highest BCUT2D eigenvalue weighted by Gasteiger charge is 2.14. The third-order valence-electron chi connectivity index (χ3n) is 2.43. The van der Waals surface area contributed by atoms with Gasteiger partial charge < -0.3 is 25.6 Å². The molecule has 18 heavy (non-hydrogen) atoms. The fraction of sp³-hybridized carbons (Fsp3) is 0.417. The van der Waals surface area contributed by atoms with Gasteiger partial charge in [0.1, 0.15) is 11.5 Å². The van der Waals surface area contributed by atoms with E-state index in [-0.39, 0.29) is 11.7 Å². The summed E-state index contributed by atoms with van der Waals surface area (Å²) in [4.78, 5) is 11.7. The molecule has 4 N–H and O–H groups in total. The van der Waals surface area contributed by atoms with Crippen molar-refractivity contribution in [3.05, 3.63) is 18.2 Å². The molecule has 1 amide bonds. The van der Waals surface area contributed by atoms with Gasteiger partial charge in [-0.15, -0.1) is 0 Å². The summed E-state index contributed by atoms with van der Waals surface area (Å²) < 4.78 is 9.78. The minimum atomic E-state index is -0.675. The van der Waals surface area contributed by atoms with Crippen LogP contribution in [0.2, 0.25) is 0 Å². The van der Waals surface area contributed by atoms with Crippen molar-refractivity contribution in [3.8, 4) is 11.5 Å². The van der Waals surface area contributed by atoms with Crippen LogP contribution in [0.15, 0.2) is 18.2 Å². The van der Waals surface area contributed by atoms with Gasteiger partial charge in [-0.1, -0.05) is 0 Å². The normalized spacial score (nSPS) is 11.9. The molecule has 0 radical (unpaired) electrons. The molecule has 6 nitrogen and oxygen atoms in total. The van der Waals surface area contributed by atoms with E-state index in [4.69, 9.17) is 15.2 Å². The number of ether oxygens (including phenoxy) is 2. The van der Waals surface area contributed by atoms with Gasteiger partial charge in [0.2, 0.25) is 5.91 Å². The molecule has 1 aromatic rings. The maximum absolute atomic E-state index is 11.7. The molecular formula is C12H18N2O4. The summed E-state index contributed by atoms with van der Waals surface area (Å²) in [5.74, 6) is 0.0725. The number of carbonyl (C=O) groups excluding carboxylic acids is 1. The molecule has 0 bridgehead atoms. The van der Waals surface area contributed by atoms with Crippen LogP contribution in [0.3, 0.4) is 0 Å². The number of hydrogen-bond acceptors (Lipinski definition) is 5. The molecule has 0 aliphatic heterocycles. The molecule has 0 aliphatic carbocycles. The molecule has 1 aromatic carbocycles. The number of methoxy groups -OCH3 is 2. The predicted molar refractivity (Wildman–Crippen MR) is 67.8 cm³/mol. The first kappa shape index (κ1) is 14.3. The zero-order valence-electron chi connectivity index (χ0n) is 10.5. The van der Waals surface area contributed by atoms with E-state index < -0.39 is 6.04 Å². The van der Waals surface area contributed by atoms with Crippen molar-refractivity contribution in [1.82, 2.24) is 0 Å². The second-order valence-corrected chi connectivity index (χ2v) is 3.76. The lowest BCUT2D eigenvalue weighted by molar-refractivity contribution is -0.117. The number of phenols is 1. The summed E-state index contributed by atoms with van der Waals surface area (Å²) in [7, 11) is 3.04. The van der Waals surface area contributed by atoms with Crippen molar-refractivity contribution < 1.29 is 19.4 Å². The first-order chi connectivity index (χ1) is 8.58. The summed E-state index contributed by atoms with van der Waals surface area (Å²) in [6, 6.07) is 3.92. The Hall–Kier alpha value is -1.79. The molecule has 0 fully saturated rings. The molecule has 1 unspecified atom stereocenters. The topological polar surface area (TPSA) is 93.8 Å². The third kappa shape index (κ3) is 3.90. The SMILES string of the molecule is COCCC(N)C(=O)Nc1ccc(OC)cc1O. The highest BCUT2D eigenvalue weighted by atomic mass is 16.5. The van der Waals surface area contributed by atoms with Crippen LogP contribution in [-0.2, 0) is 9.53 Å².